The maximum Gasteiger partial charge on any atom is 0.303 e. The summed E-state index contributed by atoms with van der Waals surface area (Å²) in [5.74, 6) is -6.80. The van der Waals surface area contributed by atoms with Crippen LogP contribution in [0.25, 0.3) is 0 Å². The second-order valence-corrected chi connectivity index (χ2v) is 12.0. The summed E-state index contributed by atoms with van der Waals surface area (Å²) < 4.78 is 16.9. The first-order valence-corrected chi connectivity index (χ1v) is 14.6. The number of carboxylic acid groups (broad SMARTS) is 3. The lowest BCUT2D eigenvalue weighted by Crippen LogP contribution is -2.48. The Labute approximate surface area is 254 Å². The number of esters is 1. The van der Waals surface area contributed by atoms with Gasteiger partial charge >= 0.3 is 23.9 Å². The Hall–Kier alpha value is -3.47. The average Bonchev–Trinajstić information content (AvgIpc) is 3.71. The zero-order valence-corrected chi connectivity index (χ0v) is 24.9. The molecule has 1 aliphatic heterocycles. The standard InChI is InChI=1S/C32H37ClO10/c1-18(34)42-16-27-24(14-29(37)38)23(13-28(35)36)25(15-30(39)40)31(43-27)20-5-8-26(33)21(12-20)11-19-3-6-22(7-4-19)32(9-10-32)17-41-2/h3-8,12,23-25,27,31H,9-11,13-17H2,1-2H3,(H,35,36)(H,37,38)(H,39,40)/t23-,24+,25-,27-,31+/m0/s1. The highest BCUT2D eigenvalue weighted by Gasteiger charge is 2.48. The van der Waals surface area contributed by atoms with Crippen LogP contribution in [-0.2, 0) is 45.2 Å². The van der Waals surface area contributed by atoms with Crippen molar-refractivity contribution in [2.24, 2.45) is 17.8 Å². The molecule has 232 valence electrons. The fourth-order valence-corrected chi connectivity index (χ4v) is 6.58. The molecule has 10 nitrogen and oxygen atoms in total. The summed E-state index contributed by atoms with van der Waals surface area (Å²) in [5.41, 5.74) is 3.67. The number of halogens is 1. The largest absolute Gasteiger partial charge is 0.481 e. The van der Waals surface area contributed by atoms with Gasteiger partial charge < -0.3 is 29.5 Å². The van der Waals surface area contributed by atoms with Crippen LogP contribution in [0.1, 0.15) is 67.4 Å². The summed E-state index contributed by atoms with van der Waals surface area (Å²) in [5, 5.41) is 29.6. The normalized spacial score (nSPS) is 24.2. The highest BCUT2D eigenvalue weighted by Crippen LogP contribution is 2.49. The van der Waals surface area contributed by atoms with Gasteiger partial charge in [-0.3, -0.25) is 19.2 Å². The fraction of sp³-hybridized carbons (Fsp3) is 0.500. The smallest absolute Gasteiger partial charge is 0.303 e. The van der Waals surface area contributed by atoms with Crippen molar-refractivity contribution in [3.63, 3.8) is 0 Å². The van der Waals surface area contributed by atoms with E-state index in [1.807, 2.05) is 18.2 Å². The number of carbonyl (C=O) groups excluding carboxylic acids is 1. The van der Waals surface area contributed by atoms with Crippen molar-refractivity contribution < 1.29 is 48.7 Å². The van der Waals surface area contributed by atoms with E-state index in [0.717, 1.165) is 24.0 Å². The van der Waals surface area contributed by atoms with Gasteiger partial charge in [0.05, 0.1) is 31.7 Å². The molecule has 2 fully saturated rings. The van der Waals surface area contributed by atoms with Gasteiger partial charge in [0.15, 0.2) is 0 Å². The quantitative estimate of drug-likeness (QED) is 0.250. The number of methoxy groups -OCH3 is 1. The molecule has 3 N–H and O–H groups in total. The van der Waals surface area contributed by atoms with Gasteiger partial charge in [-0.25, -0.2) is 0 Å². The van der Waals surface area contributed by atoms with Crippen molar-refractivity contribution in [1.82, 2.24) is 0 Å². The molecule has 4 rings (SSSR count). The third-order valence-electron chi connectivity index (χ3n) is 8.60. The third-order valence-corrected chi connectivity index (χ3v) is 8.97. The molecule has 2 aromatic rings. The van der Waals surface area contributed by atoms with Crippen molar-refractivity contribution in [2.75, 3.05) is 20.3 Å². The molecule has 0 bridgehead atoms. The number of aliphatic carboxylic acids is 3. The van der Waals surface area contributed by atoms with Gasteiger partial charge in [0.25, 0.3) is 0 Å². The van der Waals surface area contributed by atoms with E-state index in [1.54, 1.807) is 19.2 Å². The Kier molecular flexibility index (Phi) is 10.5. The molecule has 2 aromatic carbocycles. The molecule has 0 radical (unpaired) electrons. The number of carboxylic acids is 3. The molecule has 1 aliphatic carbocycles. The van der Waals surface area contributed by atoms with Crippen molar-refractivity contribution in [3.8, 4) is 0 Å². The number of carbonyl (C=O) groups is 4. The Morgan fingerprint density at radius 1 is 0.907 bits per heavy atom. The third kappa shape index (κ3) is 8.13. The van der Waals surface area contributed by atoms with E-state index >= 15 is 0 Å². The number of hydrogen-bond acceptors (Lipinski definition) is 7. The minimum absolute atomic E-state index is 0.0793. The fourth-order valence-electron chi connectivity index (χ4n) is 6.39. The number of hydrogen-bond donors (Lipinski definition) is 3. The molecule has 43 heavy (non-hydrogen) atoms. The van der Waals surface area contributed by atoms with Crippen LogP contribution in [0.15, 0.2) is 42.5 Å². The molecule has 0 aromatic heterocycles. The van der Waals surface area contributed by atoms with Crippen molar-refractivity contribution >= 4 is 35.5 Å². The van der Waals surface area contributed by atoms with Crippen LogP contribution in [-0.4, -0.2) is 65.6 Å². The molecule has 0 spiro atoms. The minimum Gasteiger partial charge on any atom is -0.481 e. The molecule has 5 atom stereocenters. The summed E-state index contributed by atoms with van der Waals surface area (Å²) in [6.07, 6.45) is -0.604. The zero-order chi connectivity index (χ0) is 31.3. The molecule has 2 aliphatic rings. The maximum atomic E-state index is 12.0. The summed E-state index contributed by atoms with van der Waals surface area (Å²) in [6.45, 7) is 1.58. The van der Waals surface area contributed by atoms with Crippen LogP contribution in [0.2, 0.25) is 5.02 Å². The Morgan fingerprint density at radius 2 is 1.51 bits per heavy atom. The molecular weight excluding hydrogens is 580 g/mol. The van der Waals surface area contributed by atoms with Crippen LogP contribution in [0.3, 0.4) is 0 Å². The predicted octanol–water partition coefficient (Wildman–Crippen LogP) is 4.88. The lowest BCUT2D eigenvalue weighted by atomic mass is 9.68. The van der Waals surface area contributed by atoms with Gasteiger partial charge in [0.1, 0.15) is 6.61 Å². The second-order valence-electron chi connectivity index (χ2n) is 11.6. The zero-order valence-electron chi connectivity index (χ0n) is 24.2. The van der Waals surface area contributed by atoms with Crippen molar-refractivity contribution in [1.29, 1.82) is 0 Å². The summed E-state index contributed by atoms with van der Waals surface area (Å²) in [7, 11) is 1.70. The molecule has 1 saturated carbocycles. The highest BCUT2D eigenvalue weighted by molar-refractivity contribution is 6.31. The van der Waals surface area contributed by atoms with Gasteiger partial charge in [-0.05, 0) is 53.5 Å². The Balaban J connectivity index is 1.68. The number of ether oxygens (including phenoxy) is 3. The van der Waals surface area contributed by atoms with E-state index < -0.39 is 73.1 Å². The first kappa shape index (κ1) is 32.4. The van der Waals surface area contributed by atoms with Gasteiger partial charge in [-0.2, -0.15) is 0 Å². The van der Waals surface area contributed by atoms with E-state index in [0.29, 0.717) is 23.6 Å². The summed E-state index contributed by atoms with van der Waals surface area (Å²) in [4.78, 5) is 47.3. The van der Waals surface area contributed by atoms with E-state index in [9.17, 15) is 34.5 Å². The molecule has 1 saturated heterocycles. The van der Waals surface area contributed by atoms with Crippen molar-refractivity contribution in [2.45, 2.75) is 63.1 Å². The van der Waals surface area contributed by atoms with Gasteiger partial charge in [-0.15, -0.1) is 0 Å². The van der Waals surface area contributed by atoms with E-state index in [4.69, 9.17) is 25.8 Å². The van der Waals surface area contributed by atoms with Crippen LogP contribution in [0.5, 0.6) is 0 Å². The summed E-state index contributed by atoms with van der Waals surface area (Å²) >= 11 is 6.60. The Bertz CT molecular complexity index is 1340. The van der Waals surface area contributed by atoms with Crippen LogP contribution in [0, 0.1) is 17.8 Å². The van der Waals surface area contributed by atoms with E-state index in [2.05, 4.69) is 12.1 Å². The van der Waals surface area contributed by atoms with Crippen molar-refractivity contribution in [3.05, 3.63) is 69.7 Å². The average molecular weight is 617 g/mol. The van der Waals surface area contributed by atoms with Crippen LogP contribution < -0.4 is 0 Å². The maximum absolute atomic E-state index is 12.0. The summed E-state index contributed by atoms with van der Waals surface area (Å²) in [6, 6.07) is 13.5. The van der Waals surface area contributed by atoms with Gasteiger partial charge in [0.2, 0.25) is 0 Å². The topological polar surface area (TPSA) is 157 Å². The lowest BCUT2D eigenvalue weighted by molar-refractivity contribution is -0.189. The van der Waals surface area contributed by atoms with E-state index in [-0.39, 0.29) is 12.0 Å². The van der Waals surface area contributed by atoms with Crippen LogP contribution in [0.4, 0.5) is 0 Å². The van der Waals surface area contributed by atoms with Gasteiger partial charge in [-0.1, -0.05) is 48.0 Å². The molecule has 0 unspecified atom stereocenters. The molecule has 1 heterocycles. The second kappa shape index (κ2) is 13.9. The van der Waals surface area contributed by atoms with E-state index in [1.165, 1.54) is 12.5 Å². The lowest BCUT2D eigenvalue weighted by Gasteiger charge is -2.46. The molecular formula is C32H37ClO10. The molecule has 11 heteroatoms. The number of benzene rings is 2. The highest BCUT2D eigenvalue weighted by atomic mass is 35.5. The first-order chi connectivity index (χ1) is 20.4. The molecule has 0 amide bonds. The monoisotopic (exact) mass is 616 g/mol. The van der Waals surface area contributed by atoms with Gasteiger partial charge in [0, 0.05) is 42.7 Å². The first-order valence-electron chi connectivity index (χ1n) is 14.2. The Morgan fingerprint density at radius 3 is 2.07 bits per heavy atom. The minimum atomic E-state index is -1.20. The SMILES string of the molecule is COCC1(c2ccc(Cc3cc([C@H]4O[C@@H](COC(C)=O)[C@H](CC(=O)O)[C@H](CC(=O)O)[C@@H]4CC(=O)O)ccc3Cl)cc2)CC1. The van der Waals surface area contributed by atoms with Crippen LogP contribution >= 0.6 is 11.6 Å². The predicted molar refractivity (Wildman–Crippen MR) is 155 cm³/mol. The number of rotatable bonds is 14.